The summed E-state index contributed by atoms with van der Waals surface area (Å²) in [5, 5.41) is 13.3. The van der Waals surface area contributed by atoms with Gasteiger partial charge >= 0.3 is 0 Å². The lowest BCUT2D eigenvalue weighted by molar-refractivity contribution is -0.384. The molecule has 3 aromatic rings. The molecule has 0 aliphatic carbocycles. The van der Waals surface area contributed by atoms with Gasteiger partial charge in [-0.05, 0) is 12.5 Å². The van der Waals surface area contributed by atoms with Gasteiger partial charge in [-0.25, -0.2) is 15.0 Å². The lowest BCUT2D eigenvalue weighted by atomic mass is 10.1. The van der Waals surface area contributed by atoms with Crippen LogP contribution in [-0.4, -0.2) is 30.3 Å². The molecule has 0 fully saturated rings. The second-order valence-corrected chi connectivity index (χ2v) is 5.25. The summed E-state index contributed by atoms with van der Waals surface area (Å²) in [5.41, 5.74) is 0.656. The first-order valence-corrected chi connectivity index (χ1v) is 7.38. The SMILES string of the molecule is Cc1nccn1-c1cc(NC(=O)Cc2ccc([N+](=O)[O-])cc2)ncn1. The van der Waals surface area contributed by atoms with Crippen LogP contribution in [0.5, 0.6) is 0 Å². The van der Waals surface area contributed by atoms with Crippen molar-refractivity contribution >= 4 is 17.4 Å². The molecule has 0 aliphatic heterocycles. The third-order valence-corrected chi connectivity index (χ3v) is 3.50. The molecule has 3 rings (SSSR count). The molecule has 0 unspecified atom stereocenters. The molecule has 2 heterocycles. The number of amides is 1. The fraction of sp³-hybridized carbons (Fsp3) is 0.125. The van der Waals surface area contributed by atoms with E-state index < -0.39 is 4.92 Å². The Hall–Kier alpha value is -3.62. The van der Waals surface area contributed by atoms with Gasteiger partial charge in [0.05, 0.1) is 11.3 Å². The minimum atomic E-state index is -0.482. The highest BCUT2D eigenvalue weighted by Crippen LogP contribution is 2.14. The van der Waals surface area contributed by atoms with E-state index in [1.807, 2.05) is 6.92 Å². The van der Waals surface area contributed by atoms with Gasteiger partial charge in [0.1, 0.15) is 23.8 Å². The standard InChI is InChI=1S/C16H14N6O3/c1-11-17-6-7-21(11)15-9-14(18-10-19-15)20-16(23)8-12-2-4-13(5-3-12)22(24)25/h2-7,9-10H,8H2,1H3,(H,18,19,20,23). The van der Waals surface area contributed by atoms with Gasteiger partial charge in [-0.1, -0.05) is 12.1 Å². The molecule has 2 aromatic heterocycles. The largest absolute Gasteiger partial charge is 0.310 e. The van der Waals surface area contributed by atoms with Crippen molar-refractivity contribution in [3.8, 4) is 5.82 Å². The highest BCUT2D eigenvalue weighted by molar-refractivity contribution is 5.91. The molecule has 0 aliphatic rings. The maximum atomic E-state index is 12.1. The number of nitro groups is 1. The van der Waals surface area contributed by atoms with Crippen LogP contribution in [-0.2, 0) is 11.2 Å². The maximum Gasteiger partial charge on any atom is 0.269 e. The van der Waals surface area contributed by atoms with Gasteiger partial charge < -0.3 is 5.32 Å². The monoisotopic (exact) mass is 338 g/mol. The molecular weight excluding hydrogens is 324 g/mol. The lowest BCUT2D eigenvalue weighted by Crippen LogP contribution is -2.16. The van der Waals surface area contributed by atoms with E-state index in [0.717, 1.165) is 5.82 Å². The first-order chi connectivity index (χ1) is 12.0. The van der Waals surface area contributed by atoms with Crippen molar-refractivity contribution < 1.29 is 9.72 Å². The minimum absolute atomic E-state index is 0.0136. The fourth-order valence-electron chi connectivity index (χ4n) is 2.28. The molecule has 25 heavy (non-hydrogen) atoms. The third-order valence-electron chi connectivity index (χ3n) is 3.50. The molecule has 0 radical (unpaired) electrons. The van der Waals surface area contributed by atoms with E-state index in [1.165, 1.54) is 18.5 Å². The van der Waals surface area contributed by atoms with Crippen LogP contribution < -0.4 is 5.32 Å². The minimum Gasteiger partial charge on any atom is -0.310 e. The molecule has 9 nitrogen and oxygen atoms in total. The van der Waals surface area contributed by atoms with Gasteiger partial charge in [0, 0.05) is 30.6 Å². The average Bonchev–Trinajstić information content (AvgIpc) is 3.01. The Morgan fingerprint density at radius 1 is 1.24 bits per heavy atom. The number of carbonyl (C=O) groups is 1. The number of aromatic nitrogens is 4. The molecule has 1 amide bonds. The number of nitrogens with one attached hydrogen (secondary N) is 1. The van der Waals surface area contributed by atoms with Crippen LogP contribution in [0.1, 0.15) is 11.4 Å². The average molecular weight is 338 g/mol. The van der Waals surface area contributed by atoms with E-state index in [0.29, 0.717) is 17.2 Å². The van der Waals surface area contributed by atoms with Crippen LogP contribution in [0.25, 0.3) is 5.82 Å². The van der Waals surface area contributed by atoms with E-state index >= 15 is 0 Å². The zero-order valence-electron chi connectivity index (χ0n) is 13.3. The van der Waals surface area contributed by atoms with Crippen LogP contribution in [0.4, 0.5) is 11.5 Å². The predicted molar refractivity (Wildman–Crippen MR) is 89.3 cm³/mol. The summed E-state index contributed by atoms with van der Waals surface area (Å²) in [4.78, 5) is 34.6. The number of nitro benzene ring substituents is 1. The number of carbonyl (C=O) groups excluding carboxylic acids is 1. The molecule has 0 spiro atoms. The molecular formula is C16H14N6O3. The van der Waals surface area contributed by atoms with Gasteiger partial charge in [0.2, 0.25) is 5.91 Å². The fourth-order valence-corrected chi connectivity index (χ4v) is 2.28. The maximum absolute atomic E-state index is 12.1. The smallest absolute Gasteiger partial charge is 0.269 e. The Bertz CT molecular complexity index is 920. The van der Waals surface area contributed by atoms with Crippen molar-refractivity contribution in [2.75, 3.05) is 5.32 Å². The zero-order chi connectivity index (χ0) is 17.8. The summed E-state index contributed by atoms with van der Waals surface area (Å²) >= 11 is 0. The Morgan fingerprint density at radius 3 is 2.64 bits per heavy atom. The highest BCUT2D eigenvalue weighted by Gasteiger charge is 2.10. The summed E-state index contributed by atoms with van der Waals surface area (Å²) in [5.74, 6) is 1.45. The summed E-state index contributed by atoms with van der Waals surface area (Å²) in [7, 11) is 0. The van der Waals surface area contributed by atoms with Crippen LogP contribution in [0.15, 0.2) is 49.1 Å². The Kier molecular flexibility index (Phi) is 4.46. The van der Waals surface area contributed by atoms with Crippen LogP contribution in [0.2, 0.25) is 0 Å². The zero-order valence-corrected chi connectivity index (χ0v) is 13.3. The van der Waals surface area contributed by atoms with E-state index in [4.69, 9.17) is 0 Å². The molecule has 9 heteroatoms. The number of imidazole rings is 1. The number of benzene rings is 1. The Balaban J connectivity index is 1.69. The number of aryl methyl sites for hydroxylation is 1. The summed E-state index contributed by atoms with van der Waals surface area (Å²) in [6, 6.07) is 7.48. The summed E-state index contributed by atoms with van der Waals surface area (Å²) in [6.45, 7) is 1.84. The van der Waals surface area contributed by atoms with Crippen LogP contribution in [0.3, 0.4) is 0 Å². The van der Waals surface area contributed by atoms with Crippen molar-refractivity contribution in [1.29, 1.82) is 0 Å². The number of non-ortho nitro benzene ring substituents is 1. The van der Waals surface area contributed by atoms with E-state index in [-0.39, 0.29) is 18.0 Å². The van der Waals surface area contributed by atoms with Gasteiger partial charge in [0.25, 0.3) is 5.69 Å². The molecule has 0 saturated heterocycles. The molecule has 1 N–H and O–H groups in total. The van der Waals surface area contributed by atoms with Crippen molar-refractivity contribution in [3.05, 3.63) is 70.6 Å². The number of anilines is 1. The molecule has 0 atom stereocenters. The number of rotatable bonds is 5. The van der Waals surface area contributed by atoms with Gasteiger partial charge in [-0.3, -0.25) is 19.5 Å². The number of nitrogens with zero attached hydrogens (tertiary/aromatic N) is 5. The summed E-state index contributed by atoms with van der Waals surface area (Å²) < 4.78 is 1.77. The van der Waals surface area contributed by atoms with Crippen LogP contribution in [0, 0.1) is 17.0 Å². The molecule has 0 saturated carbocycles. The van der Waals surface area contributed by atoms with Gasteiger partial charge in [-0.2, -0.15) is 0 Å². The van der Waals surface area contributed by atoms with E-state index in [9.17, 15) is 14.9 Å². The van der Waals surface area contributed by atoms with Crippen LogP contribution >= 0.6 is 0 Å². The molecule has 126 valence electrons. The van der Waals surface area contributed by atoms with Gasteiger partial charge in [-0.15, -0.1) is 0 Å². The molecule has 0 bridgehead atoms. The highest BCUT2D eigenvalue weighted by atomic mass is 16.6. The Labute approximate surface area is 142 Å². The first kappa shape index (κ1) is 16.2. The normalized spacial score (nSPS) is 10.4. The van der Waals surface area contributed by atoms with E-state index in [1.54, 1.807) is 35.2 Å². The second-order valence-electron chi connectivity index (χ2n) is 5.25. The van der Waals surface area contributed by atoms with Crippen molar-refractivity contribution in [2.45, 2.75) is 13.3 Å². The lowest BCUT2D eigenvalue weighted by Gasteiger charge is -2.07. The Morgan fingerprint density at radius 2 is 2.00 bits per heavy atom. The predicted octanol–water partition coefficient (Wildman–Crippen LogP) is 2.06. The first-order valence-electron chi connectivity index (χ1n) is 7.38. The second kappa shape index (κ2) is 6.87. The van der Waals surface area contributed by atoms with Crippen molar-refractivity contribution in [2.24, 2.45) is 0 Å². The summed E-state index contributed by atoms with van der Waals surface area (Å²) in [6.07, 6.45) is 4.86. The van der Waals surface area contributed by atoms with E-state index in [2.05, 4.69) is 20.3 Å². The number of hydrogen-bond donors (Lipinski definition) is 1. The number of hydrogen-bond acceptors (Lipinski definition) is 6. The van der Waals surface area contributed by atoms with Crippen molar-refractivity contribution in [3.63, 3.8) is 0 Å². The van der Waals surface area contributed by atoms with Gasteiger partial charge in [0.15, 0.2) is 0 Å². The third kappa shape index (κ3) is 3.83. The topological polar surface area (TPSA) is 116 Å². The molecule has 1 aromatic carbocycles. The quantitative estimate of drug-likeness (QED) is 0.562. The van der Waals surface area contributed by atoms with Crippen molar-refractivity contribution in [1.82, 2.24) is 19.5 Å².